The summed E-state index contributed by atoms with van der Waals surface area (Å²) in [7, 11) is 3.27. The highest BCUT2D eigenvalue weighted by atomic mass is 16.5. The van der Waals surface area contributed by atoms with Gasteiger partial charge in [0, 0.05) is 38.4 Å². The van der Waals surface area contributed by atoms with Gasteiger partial charge in [0.25, 0.3) is 0 Å². The maximum Gasteiger partial charge on any atom is 0.238 e. The van der Waals surface area contributed by atoms with Gasteiger partial charge in [0.1, 0.15) is 11.4 Å². The molecule has 0 saturated carbocycles. The van der Waals surface area contributed by atoms with Gasteiger partial charge in [0.05, 0.1) is 20.3 Å². The van der Waals surface area contributed by atoms with Crippen molar-refractivity contribution in [2.24, 2.45) is 0 Å². The van der Waals surface area contributed by atoms with Crippen LogP contribution in [0.25, 0.3) is 0 Å². The number of anilines is 1. The first-order valence-electron chi connectivity index (χ1n) is 6.95. The van der Waals surface area contributed by atoms with Crippen LogP contribution in [0.1, 0.15) is 6.42 Å². The van der Waals surface area contributed by atoms with Crippen LogP contribution in [-0.4, -0.2) is 52.0 Å². The van der Waals surface area contributed by atoms with E-state index in [1.807, 2.05) is 18.2 Å². The molecular formula is C15H22N2O4. The van der Waals surface area contributed by atoms with Crippen molar-refractivity contribution in [3.8, 4) is 5.75 Å². The Labute approximate surface area is 124 Å². The van der Waals surface area contributed by atoms with Crippen molar-refractivity contribution in [2.75, 3.05) is 45.8 Å². The molecule has 6 nitrogen and oxygen atoms in total. The minimum absolute atomic E-state index is 0.103. The van der Waals surface area contributed by atoms with Gasteiger partial charge in [0.2, 0.25) is 5.91 Å². The summed E-state index contributed by atoms with van der Waals surface area (Å²) < 4.78 is 16.0. The van der Waals surface area contributed by atoms with Crippen LogP contribution >= 0.6 is 0 Å². The van der Waals surface area contributed by atoms with Crippen LogP contribution in [0.3, 0.4) is 0 Å². The number of hydrogen-bond donors (Lipinski definition) is 2. The number of nitrogens with one attached hydrogen (secondary N) is 2. The van der Waals surface area contributed by atoms with Crippen molar-refractivity contribution in [3.05, 3.63) is 24.3 Å². The first-order valence-corrected chi connectivity index (χ1v) is 6.95. The van der Waals surface area contributed by atoms with Gasteiger partial charge in [-0.3, -0.25) is 4.79 Å². The lowest BCUT2D eigenvalue weighted by atomic mass is 10.0. The fraction of sp³-hybridized carbons (Fsp3) is 0.533. The van der Waals surface area contributed by atoms with Crippen LogP contribution in [0.2, 0.25) is 0 Å². The van der Waals surface area contributed by atoms with E-state index >= 15 is 0 Å². The molecule has 2 N–H and O–H groups in total. The minimum Gasteiger partial charge on any atom is -0.497 e. The summed E-state index contributed by atoms with van der Waals surface area (Å²) in [5, 5.41) is 5.94. The lowest BCUT2D eigenvalue weighted by molar-refractivity contribution is -0.115. The van der Waals surface area contributed by atoms with E-state index in [-0.39, 0.29) is 18.1 Å². The zero-order chi connectivity index (χ0) is 15.1. The Morgan fingerprint density at radius 1 is 1.43 bits per heavy atom. The quantitative estimate of drug-likeness (QED) is 0.786. The molecule has 2 rings (SSSR count). The molecule has 1 unspecified atom stereocenters. The second-order valence-corrected chi connectivity index (χ2v) is 5.07. The Kier molecular flexibility index (Phi) is 5.55. The summed E-state index contributed by atoms with van der Waals surface area (Å²) in [6, 6.07) is 7.26. The third kappa shape index (κ3) is 4.42. The molecule has 1 aromatic rings. The second-order valence-electron chi connectivity index (χ2n) is 5.07. The predicted octanol–water partition coefficient (Wildman–Crippen LogP) is 1.03. The standard InChI is InChI=1S/C15H22N2O4/c1-19-13-5-3-4-12(8-13)17-14(18)9-16-10-15(20-2)6-7-21-11-15/h3-5,8,16H,6-7,9-11H2,1-2H3,(H,17,18). The number of amides is 1. The van der Waals surface area contributed by atoms with Crippen molar-refractivity contribution in [3.63, 3.8) is 0 Å². The summed E-state index contributed by atoms with van der Waals surface area (Å²) in [6.07, 6.45) is 0.841. The number of methoxy groups -OCH3 is 2. The van der Waals surface area contributed by atoms with E-state index in [9.17, 15) is 4.79 Å². The molecule has 0 radical (unpaired) electrons. The first-order chi connectivity index (χ1) is 10.2. The Balaban J connectivity index is 1.76. The Bertz CT molecular complexity index is 472. The van der Waals surface area contributed by atoms with Gasteiger partial charge in [-0.2, -0.15) is 0 Å². The van der Waals surface area contributed by atoms with Crippen molar-refractivity contribution in [2.45, 2.75) is 12.0 Å². The Morgan fingerprint density at radius 3 is 2.95 bits per heavy atom. The van der Waals surface area contributed by atoms with Gasteiger partial charge in [-0.15, -0.1) is 0 Å². The SMILES string of the molecule is COc1cccc(NC(=O)CNCC2(OC)CCOC2)c1. The predicted molar refractivity (Wildman–Crippen MR) is 79.7 cm³/mol. The van der Waals surface area contributed by atoms with Crippen molar-refractivity contribution in [1.82, 2.24) is 5.32 Å². The van der Waals surface area contributed by atoms with E-state index in [0.717, 1.165) is 6.42 Å². The van der Waals surface area contributed by atoms with Gasteiger partial charge in [-0.25, -0.2) is 0 Å². The molecule has 6 heteroatoms. The average molecular weight is 294 g/mol. The number of rotatable bonds is 7. The van der Waals surface area contributed by atoms with E-state index in [2.05, 4.69) is 10.6 Å². The van der Waals surface area contributed by atoms with Crippen LogP contribution in [0.5, 0.6) is 5.75 Å². The van der Waals surface area contributed by atoms with Crippen molar-refractivity contribution in [1.29, 1.82) is 0 Å². The van der Waals surface area contributed by atoms with Crippen LogP contribution in [0.15, 0.2) is 24.3 Å². The fourth-order valence-corrected chi connectivity index (χ4v) is 2.27. The van der Waals surface area contributed by atoms with Gasteiger partial charge in [0.15, 0.2) is 0 Å². The summed E-state index contributed by atoms with van der Waals surface area (Å²) in [4.78, 5) is 11.9. The highest BCUT2D eigenvalue weighted by Gasteiger charge is 2.34. The molecule has 1 aliphatic rings. The highest BCUT2D eigenvalue weighted by molar-refractivity contribution is 5.92. The van der Waals surface area contributed by atoms with Gasteiger partial charge < -0.3 is 24.8 Å². The smallest absolute Gasteiger partial charge is 0.238 e. The Hall–Kier alpha value is -1.63. The molecule has 21 heavy (non-hydrogen) atoms. The molecule has 1 aliphatic heterocycles. The average Bonchev–Trinajstić information content (AvgIpc) is 2.97. The maximum absolute atomic E-state index is 11.9. The highest BCUT2D eigenvalue weighted by Crippen LogP contribution is 2.21. The van der Waals surface area contributed by atoms with Gasteiger partial charge in [-0.05, 0) is 12.1 Å². The van der Waals surface area contributed by atoms with Gasteiger partial charge >= 0.3 is 0 Å². The topological polar surface area (TPSA) is 68.8 Å². The summed E-state index contributed by atoms with van der Waals surface area (Å²) in [5.74, 6) is 0.607. The number of carbonyl (C=O) groups is 1. The third-order valence-electron chi connectivity index (χ3n) is 3.59. The molecule has 1 aromatic carbocycles. The second kappa shape index (κ2) is 7.40. The maximum atomic E-state index is 11.9. The molecule has 1 saturated heterocycles. The monoisotopic (exact) mass is 294 g/mol. The van der Waals surface area contributed by atoms with E-state index in [4.69, 9.17) is 14.2 Å². The largest absolute Gasteiger partial charge is 0.497 e. The van der Waals surface area contributed by atoms with E-state index in [1.165, 1.54) is 0 Å². The lowest BCUT2D eigenvalue weighted by Gasteiger charge is -2.25. The number of benzene rings is 1. The normalized spacial score (nSPS) is 21.2. The molecule has 0 spiro atoms. The van der Waals surface area contributed by atoms with Crippen molar-refractivity contribution >= 4 is 11.6 Å². The fourth-order valence-electron chi connectivity index (χ4n) is 2.27. The molecule has 1 atom stereocenters. The Morgan fingerprint density at radius 2 is 2.29 bits per heavy atom. The molecule has 0 aliphatic carbocycles. The summed E-state index contributed by atoms with van der Waals surface area (Å²) in [5.41, 5.74) is 0.405. The lowest BCUT2D eigenvalue weighted by Crippen LogP contribution is -2.45. The summed E-state index contributed by atoms with van der Waals surface area (Å²) >= 11 is 0. The molecule has 116 valence electrons. The van der Waals surface area contributed by atoms with Crippen molar-refractivity contribution < 1.29 is 19.0 Å². The third-order valence-corrected chi connectivity index (χ3v) is 3.59. The molecule has 1 heterocycles. The molecule has 0 bridgehead atoms. The van der Waals surface area contributed by atoms with Gasteiger partial charge in [-0.1, -0.05) is 6.07 Å². The number of carbonyl (C=O) groups excluding carboxylic acids is 1. The molecule has 1 amide bonds. The molecular weight excluding hydrogens is 272 g/mol. The van der Waals surface area contributed by atoms with Crippen LogP contribution < -0.4 is 15.4 Å². The van der Waals surface area contributed by atoms with Crippen LogP contribution in [0.4, 0.5) is 5.69 Å². The first kappa shape index (κ1) is 15.8. The van der Waals surface area contributed by atoms with E-state index < -0.39 is 0 Å². The minimum atomic E-state index is -0.309. The zero-order valence-corrected chi connectivity index (χ0v) is 12.5. The molecule has 0 aromatic heterocycles. The van der Waals surface area contributed by atoms with E-state index in [1.54, 1.807) is 20.3 Å². The van der Waals surface area contributed by atoms with E-state index in [0.29, 0.717) is 31.2 Å². The summed E-state index contributed by atoms with van der Waals surface area (Å²) in [6.45, 7) is 2.08. The number of hydrogen-bond acceptors (Lipinski definition) is 5. The number of ether oxygens (including phenoxy) is 3. The van der Waals surface area contributed by atoms with Crippen LogP contribution in [-0.2, 0) is 14.3 Å². The van der Waals surface area contributed by atoms with Crippen LogP contribution in [0, 0.1) is 0 Å². The zero-order valence-electron chi connectivity index (χ0n) is 12.5. The molecule has 1 fully saturated rings.